The Balaban J connectivity index is 0.00000120. The molecule has 1 unspecified atom stereocenters. The molecule has 0 amide bonds. The second-order valence-corrected chi connectivity index (χ2v) is 5.65. The average Bonchev–Trinajstić information content (AvgIpc) is 2.62. The number of aromatic nitrogens is 2. The third kappa shape index (κ3) is 1.97. The molecular formula is C14H20BrN3. The van der Waals surface area contributed by atoms with Crippen molar-refractivity contribution in [3.8, 4) is 0 Å². The van der Waals surface area contributed by atoms with E-state index in [-0.39, 0.29) is 7.43 Å². The maximum Gasteiger partial charge on any atom is 0.140 e. The fourth-order valence-electron chi connectivity index (χ4n) is 2.86. The van der Waals surface area contributed by atoms with E-state index in [2.05, 4.69) is 51.0 Å². The zero-order chi connectivity index (χ0) is 12.0. The standard InChI is InChI=1S/C13H16BrN3.CH4/c1-15-9-3-4-12-10(6-9)11-5-8(14)7-16-13(11)17(12)2;/h5,7,9,15H,3-4,6H2,1-2H3;1H4. The van der Waals surface area contributed by atoms with Crippen LogP contribution < -0.4 is 5.32 Å². The van der Waals surface area contributed by atoms with Crippen molar-refractivity contribution in [1.82, 2.24) is 14.9 Å². The van der Waals surface area contributed by atoms with E-state index >= 15 is 0 Å². The molecular weight excluding hydrogens is 290 g/mol. The highest BCUT2D eigenvalue weighted by Gasteiger charge is 2.23. The van der Waals surface area contributed by atoms with Crippen molar-refractivity contribution in [3.63, 3.8) is 0 Å². The number of hydrogen-bond acceptors (Lipinski definition) is 2. The van der Waals surface area contributed by atoms with Crippen LogP contribution in [0.25, 0.3) is 11.0 Å². The van der Waals surface area contributed by atoms with E-state index in [0.717, 1.165) is 23.0 Å². The molecule has 2 aromatic heterocycles. The van der Waals surface area contributed by atoms with Crippen molar-refractivity contribution >= 4 is 27.0 Å². The summed E-state index contributed by atoms with van der Waals surface area (Å²) in [6.07, 6.45) is 5.35. The second kappa shape index (κ2) is 5.02. The predicted molar refractivity (Wildman–Crippen MR) is 80.0 cm³/mol. The SMILES string of the molecule is C.CNC1CCc2c(c3cc(Br)cnc3n2C)C1. The van der Waals surface area contributed by atoms with Gasteiger partial charge in [-0.15, -0.1) is 0 Å². The lowest BCUT2D eigenvalue weighted by atomic mass is 9.92. The van der Waals surface area contributed by atoms with Crippen molar-refractivity contribution in [2.45, 2.75) is 32.7 Å². The van der Waals surface area contributed by atoms with E-state index < -0.39 is 0 Å². The first-order valence-electron chi connectivity index (χ1n) is 5.99. The Labute approximate surface area is 117 Å². The number of aryl methyl sites for hydroxylation is 1. The van der Waals surface area contributed by atoms with Crippen molar-refractivity contribution in [1.29, 1.82) is 0 Å². The van der Waals surface area contributed by atoms with Crippen LogP contribution in [0.2, 0.25) is 0 Å². The summed E-state index contributed by atoms with van der Waals surface area (Å²) >= 11 is 3.51. The molecule has 1 atom stereocenters. The van der Waals surface area contributed by atoms with Crippen LogP contribution in [0.1, 0.15) is 25.1 Å². The minimum atomic E-state index is 0. The molecule has 0 bridgehead atoms. The van der Waals surface area contributed by atoms with Crippen LogP contribution in [0.3, 0.4) is 0 Å². The van der Waals surface area contributed by atoms with Gasteiger partial charge in [-0.25, -0.2) is 4.98 Å². The van der Waals surface area contributed by atoms with Gasteiger partial charge in [0.25, 0.3) is 0 Å². The molecule has 0 aromatic carbocycles. The molecule has 0 saturated heterocycles. The van der Waals surface area contributed by atoms with Crippen molar-refractivity contribution in [2.24, 2.45) is 7.05 Å². The Morgan fingerprint density at radius 2 is 2.28 bits per heavy atom. The van der Waals surface area contributed by atoms with Gasteiger partial charge in [0.1, 0.15) is 5.65 Å². The third-order valence-electron chi connectivity index (χ3n) is 3.82. The quantitative estimate of drug-likeness (QED) is 0.877. The second-order valence-electron chi connectivity index (χ2n) is 4.74. The molecule has 18 heavy (non-hydrogen) atoms. The van der Waals surface area contributed by atoms with Gasteiger partial charge in [0, 0.05) is 34.8 Å². The Kier molecular flexibility index (Phi) is 3.78. The van der Waals surface area contributed by atoms with Gasteiger partial charge >= 0.3 is 0 Å². The molecule has 0 fully saturated rings. The normalized spacial score (nSPS) is 18.5. The minimum absolute atomic E-state index is 0. The number of nitrogens with zero attached hydrogens (tertiary/aromatic N) is 2. The van der Waals surface area contributed by atoms with E-state index in [1.807, 2.05) is 6.20 Å². The molecule has 1 aliphatic rings. The molecule has 3 nitrogen and oxygen atoms in total. The lowest BCUT2D eigenvalue weighted by Crippen LogP contribution is -2.31. The summed E-state index contributed by atoms with van der Waals surface area (Å²) in [5.41, 5.74) is 4.04. The molecule has 0 radical (unpaired) electrons. The first-order chi connectivity index (χ1) is 8.20. The Hall–Kier alpha value is -0.870. The molecule has 1 aliphatic carbocycles. The average molecular weight is 310 g/mol. The van der Waals surface area contributed by atoms with Crippen LogP contribution in [0, 0.1) is 0 Å². The van der Waals surface area contributed by atoms with Gasteiger partial charge in [0.2, 0.25) is 0 Å². The van der Waals surface area contributed by atoms with Crippen molar-refractivity contribution in [2.75, 3.05) is 7.05 Å². The fourth-order valence-corrected chi connectivity index (χ4v) is 3.19. The molecule has 0 saturated carbocycles. The molecule has 0 aliphatic heterocycles. The summed E-state index contributed by atoms with van der Waals surface area (Å²) < 4.78 is 3.31. The maximum atomic E-state index is 4.53. The summed E-state index contributed by atoms with van der Waals surface area (Å²) in [5.74, 6) is 0. The maximum absolute atomic E-state index is 4.53. The van der Waals surface area contributed by atoms with Gasteiger partial charge in [-0.3, -0.25) is 0 Å². The first kappa shape index (κ1) is 13.6. The highest BCUT2D eigenvalue weighted by molar-refractivity contribution is 9.10. The Morgan fingerprint density at radius 3 is 3.00 bits per heavy atom. The molecule has 2 aromatic rings. The van der Waals surface area contributed by atoms with Crippen LogP contribution in [0.15, 0.2) is 16.7 Å². The van der Waals surface area contributed by atoms with Gasteiger partial charge in [0.05, 0.1) is 0 Å². The topological polar surface area (TPSA) is 29.9 Å². The number of halogens is 1. The predicted octanol–water partition coefficient (Wildman–Crippen LogP) is 3.05. The van der Waals surface area contributed by atoms with Gasteiger partial charge in [0.15, 0.2) is 0 Å². The molecule has 2 heterocycles. The number of pyridine rings is 1. The number of rotatable bonds is 1. The highest BCUT2D eigenvalue weighted by atomic mass is 79.9. The molecule has 0 spiro atoms. The number of nitrogens with one attached hydrogen (secondary N) is 1. The van der Waals surface area contributed by atoms with Crippen LogP contribution in [0.5, 0.6) is 0 Å². The Bertz CT molecular complexity index is 574. The molecule has 3 rings (SSSR count). The molecule has 4 heteroatoms. The number of likely N-dealkylation sites (N-methyl/N-ethyl adjacent to an activating group) is 1. The van der Waals surface area contributed by atoms with Crippen molar-refractivity contribution in [3.05, 3.63) is 28.0 Å². The van der Waals surface area contributed by atoms with E-state index in [0.29, 0.717) is 6.04 Å². The van der Waals surface area contributed by atoms with Crippen LogP contribution in [0.4, 0.5) is 0 Å². The van der Waals surface area contributed by atoms with Gasteiger partial charge in [-0.1, -0.05) is 7.43 Å². The molecule has 98 valence electrons. The Morgan fingerprint density at radius 1 is 1.50 bits per heavy atom. The number of hydrogen-bond donors (Lipinski definition) is 1. The van der Waals surface area contributed by atoms with E-state index in [9.17, 15) is 0 Å². The fraction of sp³-hybridized carbons (Fsp3) is 0.500. The van der Waals surface area contributed by atoms with Gasteiger partial charge in [-0.05, 0) is 53.9 Å². The van der Waals surface area contributed by atoms with Crippen LogP contribution >= 0.6 is 15.9 Å². The van der Waals surface area contributed by atoms with Crippen LogP contribution in [-0.2, 0) is 19.9 Å². The summed E-state index contributed by atoms with van der Waals surface area (Å²) in [6.45, 7) is 0. The molecule has 1 N–H and O–H groups in total. The van der Waals surface area contributed by atoms with Gasteiger partial charge < -0.3 is 9.88 Å². The largest absolute Gasteiger partial charge is 0.332 e. The first-order valence-corrected chi connectivity index (χ1v) is 6.79. The third-order valence-corrected chi connectivity index (χ3v) is 4.25. The number of fused-ring (bicyclic) bond motifs is 3. The van der Waals surface area contributed by atoms with Gasteiger partial charge in [-0.2, -0.15) is 0 Å². The van der Waals surface area contributed by atoms with E-state index in [1.165, 1.54) is 23.1 Å². The lowest BCUT2D eigenvalue weighted by Gasteiger charge is -2.22. The lowest BCUT2D eigenvalue weighted by molar-refractivity contribution is 0.488. The van der Waals surface area contributed by atoms with E-state index in [1.54, 1.807) is 0 Å². The summed E-state index contributed by atoms with van der Waals surface area (Å²) in [5, 5.41) is 4.69. The van der Waals surface area contributed by atoms with Crippen LogP contribution in [-0.4, -0.2) is 22.6 Å². The summed E-state index contributed by atoms with van der Waals surface area (Å²) in [6, 6.07) is 2.80. The zero-order valence-corrected chi connectivity index (χ0v) is 11.7. The minimum Gasteiger partial charge on any atom is -0.332 e. The van der Waals surface area contributed by atoms with E-state index in [4.69, 9.17) is 0 Å². The summed E-state index contributed by atoms with van der Waals surface area (Å²) in [7, 11) is 4.18. The zero-order valence-electron chi connectivity index (χ0n) is 10.1. The monoisotopic (exact) mass is 309 g/mol. The highest BCUT2D eigenvalue weighted by Crippen LogP contribution is 2.31. The summed E-state index contributed by atoms with van der Waals surface area (Å²) in [4.78, 5) is 4.53. The smallest absolute Gasteiger partial charge is 0.140 e. The van der Waals surface area contributed by atoms with Crippen molar-refractivity contribution < 1.29 is 0 Å².